The number of aryl methyl sites for hydroxylation is 1. The molecule has 1 aromatic heterocycles. The average Bonchev–Trinajstić information content (AvgIpc) is 3.20. The van der Waals surface area contributed by atoms with Crippen molar-refractivity contribution < 1.29 is 18.9 Å². The molecular weight excluding hydrogens is 348 g/mol. The van der Waals surface area contributed by atoms with Gasteiger partial charge in [0.15, 0.2) is 5.69 Å². The highest BCUT2D eigenvalue weighted by molar-refractivity contribution is 5.92. The molecule has 0 spiro atoms. The number of nitrogens with zero attached hydrogens (tertiary/aromatic N) is 3. The second-order valence-corrected chi connectivity index (χ2v) is 8.47. The Kier molecular flexibility index (Phi) is 5.26. The van der Waals surface area contributed by atoms with Crippen LogP contribution in [0.15, 0.2) is 10.6 Å². The third-order valence-corrected chi connectivity index (χ3v) is 5.29. The Hall–Kier alpha value is -2.38. The minimum atomic E-state index is -0.263. The predicted molar refractivity (Wildman–Crippen MR) is 97.9 cm³/mol. The van der Waals surface area contributed by atoms with E-state index in [9.17, 15) is 14.4 Å². The lowest BCUT2D eigenvalue weighted by molar-refractivity contribution is -0.136. The van der Waals surface area contributed by atoms with Gasteiger partial charge in [-0.15, -0.1) is 0 Å². The Bertz CT molecular complexity index is 728. The third-order valence-electron chi connectivity index (χ3n) is 5.29. The van der Waals surface area contributed by atoms with Crippen LogP contribution in [0, 0.1) is 12.8 Å². The first-order chi connectivity index (χ1) is 12.6. The number of rotatable bonds is 3. The molecule has 3 amide bonds. The number of likely N-dealkylation sites (tertiary alicyclic amines) is 2. The molecule has 3 rings (SSSR count). The van der Waals surface area contributed by atoms with Crippen LogP contribution in [0.4, 0.5) is 0 Å². The Morgan fingerprint density at radius 3 is 2.44 bits per heavy atom. The van der Waals surface area contributed by atoms with Crippen LogP contribution < -0.4 is 5.32 Å². The summed E-state index contributed by atoms with van der Waals surface area (Å²) in [5, 5.41) is 6.67. The normalized spacial score (nSPS) is 21.6. The Morgan fingerprint density at radius 1 is 1.26 bits per heavy atom. The standard InChI is InChI=1S/C19H28N4O4/c1-12-9-15(21-27-12)17(25)20-14-5-7-22(8-6-14)18(26)13-10-16(24)23(11-13)19(2,3)4/h9,13-14H,5-8,10-11H2,1-4H3,(H,20,25). The van der Waals surface area contributed by atoms with Crippen LogP contribution in [-0.2, 0) is 9.59 Å². The van der Waals surface area contributed by atoms with Crippen molar-refractivity contribution in [1.82, 2.24) is 20.3 Å². The summed E-state index contributed by atoms with van der Waals surface area (Å²) < 4.78 is 4.93. The molecule has 3 heterocycles. The van der Waals surface area contributed by atoms with Crippen LogP contribution in [-0.4, -0.2) is 63.9 Å². The summed E-state index contributed by atoms with van der Waals surface area (Å²) in [6.45, 7) is 9.36. The summed E-state index contributed by atoms with van der Waals surface area (Å²) >= 11 is 0. The second kappa shape index (κ2) is 7.32. The molecule has 0 aromatic carbocycles. The first kappa shape index (κ1) is 19.4. The van der Waals surface area contributed by atoms with Gasteiger partial charge in [0.1, 0.15) is 5.76 Å². The van der Waals surface area contributed by atoms with Crippen molar-refractivity contribution >= 4 is 17.7 Å². The molecule has 2 saturated heterocycles. The van der Waals surface area contributed by atoms with Crippen molar-refractivity contribution in [1.29, 1.82) is 0 Å². The van der Waals surface area contributed by atoms with Crippen LogP contribution >= 0.6 is 0 Å². The molecule has 1 N–H and O–H groups in total. The molecule has 2 fully saturated rings. The molecule has 8 heteroatoms. The maximum Gasteiger partial charge on any atom is 0.273 e. The van der Waals surface area contributed by atoms with E-state index in [0.717, 1.165) is 0 Å². The number of amides is 3. The molecule has 0 saturated carbocycles. The Labute approximate surface area is 159 Å². The number of carbonyl (C=O) groups excluding carboxylic acids is 3. The molecule has 1 unspecified atom stereocenters. The summed E-state index contributed by atoms with van der Waals surface area (Å²) in [5.41, 5.74) is 0.0146. The maximum absolute atomic E-state index is 12.8. The number of nitrogens with one attached hydrogen (secondary N) is 1. The van der Waals surface area contributed by atoms with Crippen LogP contribution in [0.5, 0.6) is 0 Å². The quantitative estimate of drug-likeness (QED) is 0.859. The Balaban J connectivity index is 1.50. The van der Waals surface area contributed by atoms with E-state index in [1.807, 2.05) is 25.7 Å². The largest absolute Gasteiger partial charge is 0.361 e. The highest BCUT2D eigenvalue weighted by Crippen LogP contribution is 2.28. The fourth-order valence-electron chi connectivity index (χ4n) is 3.76. The van der Waals surface area contributed by atoms with E-state index < -0.39 is 0 Å². The van der Waals surface area contributed by atoms with E-state index >= 15 is 0 Å². The van der Waals surface area contributed by atoms with Gasteiger partial charge in [-0.25, -0.2) is 0 Å². The maximum atomic E-state index is 12.8. The van der Waals surface area contributed by atoms with Crippen molar-refractivity contribution in [3.63, 3.8) is 0 Å². The second-order valence-electron chi connectivity index (χ2n) is 8.47. The molecular formula is C19H28N4O4. The van der Waals surface area contributed by atoms with E-state index in [4.69, 9.17) is 4.52 Å². The van der Waals surface area contributed by atoms with Crippen LogP contribution in [0.25, 0.3) is 0 Å². The molecule has 0 aliphatic carbocycles. The highest BCUT2D eigenvalue weighted by Gasteiger charge is 2.41. The number of hydrogen-bond acceptors (Lipinski definition) is 5. The first-order valence-corrected chi connectivity index (χ1v) is 9.48. The lowest BCUT2D eigenvalue weighted by Crippen LogP contribution is -2.49. The van der Waals surface area contributed by atoms with E-state index in [2.05, 4.69) is 10.5 Å². The molecule has 2 aliphatic heterocycles. The van der Waals surface area contributed by atoms with E-state index in [1.165, 1.54) is 0 Å². The van der Waals surface area contributed by atoms with E-state index in [-0.39, 0.29) is 47.3 Å². The van der Waals surface area contributed by atoms with Crippen molar-refractivity contribution in [2.24, 2.45) is 5.92 Å². The summed E-state index contributed by atoms with van der Waals surface area (Å²) in [6, 6.07) is 1.61. The minimum absolute atomic E-state index is 0.00911. The van der Waals surface area contributed by atoms with Crippen molar-refractivity contribution in [2.75, 3.05) is 19.6 Å². The van der Waals surface area contributed by atoms with Crippen LogP contribution in [0.2, 0.25) is 0 Å². The Morgan fingerprint density at radius 2 is 1.93 bits per heavy atom. The molecule has 148 valence electrons. The first-order valence-electron chi connectivity index (χ1n) is 9.48. The van der Waals surface area contributed by atoms with Crippen molar-refractivity contribution in [2.45, 2.75) is 58.5 Å². The number of piperidine rings is 1. The number of carbonyl (C=O) groups is 3. The van der Waals surface area contributed by atoms with Gasteiger partial charge in [0.05, 0.1) is 5.92 Å². The van der Waals surface area contributed by atoms with Gasteiger partial charge >= 0.3 is 0 Å². The molecule has 2 aliphatic rings. The SMILES string of the molecule is Cc1cc(C(=O)NC2CCN(C(=O)C3CC(=O)N(C(C)(C)C)C3)CC2)no1. The average molecular weight is 376 g/mol. The fraction of sp³-hybridized carbons (Fsp3) is 0.684. The van der Waals surface area contributed by atoms with Gasteiger partial charge in [-0.05, 0) is 40.5 Å². The highest BCUT2D eigenvalue weighted by atomic mass is 16.5. The van der Waals surface area contributed by atoms with Gasteiger partial charge in [-0.1, -0.05) is 5.16 Å². The molecule has 1 aromatic rings. The third kappa shape index (κ3) is 4.31. The summed E-state index contributed by atoms with van der Waals surface area (Å²) in [6.07, 6.45) is 1.67. The molecule has 0 radical (unpaired) electrons. The van der Waals surface area contributed by atoms with Crippen LogP contribution in [0.1, 0.15) is 56.3 Å². The summed E-state index contributed by atoms with van der Waals surface area (Å²) in [5.74, 6) is 0.175. The smallest absolute Gasteiger partial charge is 0.273 e. The molecule has 27 heavy (non-hydrogen) atoms. The lowest BCUT2D eigenvalue weighted by Gasteiger charge is -2.35. The van der Waals surface area contributed by atoms with Gasteiger partial charge in [0.2, 0.25) is 11.8 Å². The molecule has 8 nitrogen and oxygen atoms in total. The van der Waals surface area contributed by atoms with E-state index in [1.54, 1.807) is 17.9 Å². The zero-order valence-electron chi connectivity index (χ0n) is 16.4. The van der Waals surface area contributed by atoms with Gasteiger partial charge in [0, 0.05) is 43.7 Å². The molecule has 1 atom stereocenters. The fourth-order valence-corrected chi connectivity index (χ4v) is 3.76. The van der Waals surface area contributed by atoms with Crippen molar-refractivity contribution in [3.05, 3.63) is 17.5 Å². The molecule has 0 bridgehead atoms. The predicted octanol–water partition coefficient (Wildman–Crippen LogP) is 1.35. The zero-order valence-corrected chi connectivity index (χ0v) is 16.4. The van der Waals surface area contributed by atoms with Gasteiger partial charge in [0.25, 0.3) is 5.91 Å². The van der Waals surface area contributed by atoms with Crippen molar-refractivity contribution in [3.8, 4) is 0 Å². The van der Waals surface area contributed by atoms with Gasteiger partial charge < -0.3 is 19.6 Å². The zero-order chi connectivity index (χ0) is 19.8. The minimum Gasteiger partial charge on any atom is -0.361 e. The van der Waals surface area contributed by atoms with Crippen LogP contribution in [0.3, 0.4) is 0 Å². The van der Waals surface area contributed by atoms with Gasteiger partial charge in [-0.2, -0.15) is 0 Å². The number of aromatic nitrogens is 1. The van der Waals surface area contributed by atoms with Gasteiger partial charge in [-0.3, -0.25) is 14.4 Å². The monoisotopic (exact) mass is 376 g/mol. The number of hydrogen-bond donors (Lipinski definition) is 1. The van der Waals surface area contributed by atoms with E-state index in [0.29, 0.717) is 38.2 Å². The topological polar surface area (TPSA) is 95.8 Å². The lowest BCUT2D eigenvalue weighted by atomic mass is 10.0. The summed E-state index contributed by atoms with van der Waals surface area (Å²) in [7, 11) is 0. The summed E-state index contributed by atoms with van der Waals surface area (Å²) in [4.78, 5) is 40.8.